The number of carbonyl (C=O) groups excluding carboxylic acids is 2. The van der Waals surface area contributed by atoms with Gasteiger partial charge in [-0.05, 0) is 44.2 Å². The molecule has 5 heteroatoms. The van der Waals surface area contributed by atoms with Gasteiger partial charge in [-0.25, -0.2) is 9.59 Å². The summed E-state index contributed by atoms with van der Waals surface area (Å²) in [5.74, 6) is -0.959. The predicted octanol–water partition coefficient (Wildman–Crippen LogP) is 7.59. The quantitative estimate of drug-likeness (QED) is 0.206. The SMILES string of the molecule is CC(c1cccc2ccccc12)C(NC(=O)OCC1c2ccccc2-c2ccccc21)C(=O)OCc1ccccc1. The van der Waals surface area contributed by atoms with E-state index < -0.39 is 18.1 Å². The summed E-state index contributed by atoms with van der Waals surface area (Å²) in [6.45, 7) is 2.21. The van der Waals surface area contributed by atoms with Crippen molar-refractivity contribution in [2.75, 3.05) is 6.61 Å². The lowest BCUT2D eigenvalue weighted by molar-refractivity contribution is -0.148. The number of hydrogen-bond donors (Lipinski definition) is 1. The lowest BCUT2D eigenvalue weighted by atomic mass is 9.89. The first-order valence-corrected chi connectivity index (χ1v) is 13.9. The highest BCUT2D eigenvalue weighted by atomic mass is 16.6. The Morgan fingerprint density at radius 3 is 2.05 bits per heavy atom. The Balaban J connectivity index is 1.22. The number of fused-ring (bicyclic) bond motifs is 4. The second kappa shape index (κ2) is 11.7. The van der Waals surface area contributed by atoms with Crippen LogP contribution in [0, 0.1) is 0 Å². The van der Waals surface area contributed by atoms with Crippen LogP contribution in [0.4, 0.5) is 4.79 Å². The second-order valence-corrected chi connectivity index (χ2v) is 10.4. The van der Waals surface area contributed by atoms with Crippen molar-refractivity contribution in [1.82, 2.24) is 5.32 Å². The summed E-state index contributed by atoms with van der Waals surface area (Å²) >= 11 is 0. The molecule has 0 aliphatic heterocycles. The van der Waals surface area contributed by atoms with Crippen molar-refractivity contribution in [3.8, 4) is 11.1 Å². The van der Waals surface area contributed by atoms with Gasteiger partial charge in [0, 0.05) is 11.8 Å². The largest absolute Gasteiger partial charge is 0.459 e. The molecule has 5 nitrogen and oxygen atoms in total. The molecule has 0 aromatic heterocycles. The van der Waals surface area contributed by atoms with Gasteiger partial charge in [-0.15, -0.1) is 0 Å². The third-order valence-electron chi connectivity index (χ3n) is 7.91. The molecule has 1 amide bonds. The number of benzene rings is 5. The Hall–Kier alpha value is -4.90. The van der Waals surface area contributed by atoms with Gasteiger partial charge in [0.05, 0.1) is 0 Å². The first kappa shape index (κ1) is 26.3. The zero-order valence-electron chi connectivity index (χ0n) is 22.8. The molecule has 0 spiro atoms. The molecule has 204 valence electrons. The minimum absolute atomic E-state index is 0.0767. The Morgan fingerprint density at radius 2 is 1.32 bits per heavy atom. The first-order chi connectivity index (χ1) is 20.1. The van der Waals surface area contributed by atoms with E-state index in [-0.39, 0.29) is 25.0 Å². The minimum Gasteiger partial charge on any atom is -0.459 e. The zero-order chi connectivity index (χ0) is 28.2. The van der Waals surface area contributed by atoms with Crippen molar-refractivity contribution >= 4 is 22.8 Å². The van der Waals surface area contributed by atoms with Gasteiger partial charge in [0.2, 0.25) is 0 Å². The Morgan fingerprint density at radius 1 is 0.707 bits per heavy atom. The molecule has 1 aliphatic rings. The zero-order valence-corrected chi connectivity index (χ0v) is 22.8. The monoisotopic (exact) mass is 541 g/mol. The maximum atomic E-state index is 13.5. The molecule has 6 rings (SSSR count). The van der Waals surface area contributed by atoms with Crippen LogP contribution in [-0.4, -0.2) is 24.7 Å². The molecule has 0 fully saturated rings. The van der Waals surface area contributed by atoms with Gasteiger partial charge in [-0.1, -0.05) is 128 Å². The summed E-state index contributed by atoms with van der Waals surface area (Å²) in [4.78, 5) is 26.8. The third-order valence-corrected chi connectivity index (χ3v) is 7.91. The summed E-state index contributed by atoms with van der Waals surface area (Å²) in [5.41, 5.74) is 6.39. The van der Waals surface area contributed by atoms with Crippen LogP contribution >= 0.6 is 0 Å². The minimum atomic E-state index is -0.944. The van der Waals surface area contributed by atoms with Crippen molar-refractivity contribution in [1.29, 1.82) is 0 Å². The Kier molecular flexibility index (Phi) is 7.50. The average Bonchev–Trinajstić information content (AvgIpc) is 3.35. The lowest BCUT2D eigenvalue weighted by Gasteiger charge is -2.25. The molecule has 2 unspecified atom stereocenters. The Bertz CT molecular complexity index is 1650. The van der Waals surface area contributed by atoms with Gasteiger partial charge >= 0.3 is 12.1 Å². The smallest absolute Gasteiger partial charge is 0.407 e. The second-order valence-electron chi connectivity index (χ2n) is 10.4. The van der Waals surface area contributed by atoms with E-state index in [1.165, 1.54) is 0 Å². The van der Waals surface area contributed by atoms with Crippen LogP contribution in [0.2, 0.25) is 0 Å². The van der Waals surface area contributed by atoms with Crippen molar-refractivity contribution in [3.05, 3.63) is 144 Å². The molecule has 5 aromatic rings. The van der Waals surface area contributed by atoms with Crippen LogP contribution in [0.25, 0.3) is 21.9 Å². The van der Waals surface area contributed by atoms with E-state index in [0.717, 1.165) is 44.2 Å². The molecular weight excluding hydrogens is 510 g/mol. The van der Waals surface area contributed by atoms with E-state index in [9.17, 15) is 9.59 Å². The molecule has 0 heterocycles. The highest BCUT2D eigenvalue weighted by molar-refractivity contribution is 5.88. The van der Waals surface area contributed by atoms with Gasteiger partial charge in [-0.3, -0.25) is 0 Å². The summed E-state index contributed by atoms with van der Waals surface area (Å²) < 4.78 is 11.5. The fraction of sp³-hybridized carbons (Fsp3) is 0.167. The molecule has 0 radical (unpaired) electrons. The lowest BCUT2D eigenvalue weighted by Crippen LogP contribution is -2.45. The average molecular weight is 542 g/mol. The van der Waals surface area contributed by atoms with E-state index in [1.807, 2.05) is 104 Å². The number of esters is 1. The van der Waals surface area contributed by atoms with Gasteiger partial charge < -0.3 is 14.8 Å². The number of hydrogen-bond acceptors (Lipinski definition) is 4. The summed E-state index contributed by atoms with van der Waals surface area (Å²) in [7, 11) is 0. The van der Waals surface area contributed by atoms with Crippen molar-refractivity contribution in [2.24, 2.45) is 0 Å². The van der Waals surface area contributed by atoms with E-state index in [2.05, 4.69) is 29.6 Å². The van der Waals surface area contributed by atoms with Crippen LogP contribution in [-0.2, 0) is 20.9 Å². The maximum absolute atomic E-state index is 13.5. The first-order valence-electron chi connectivity index (χ1n) is 13.9. The molecule has 1 aliphatic carbocycles. The molecule has 1 N–H and O–H groups in total. The number of amides is 1. The molecule has 0 bridgehead atoms. The van der Waals surface area contributed by atoms with Crippen molar-refractivity contribution in [3.63, 3.8) is 0 Å². The number of carbonyl (C=O) groups is 2. The van der Waals surface area contributed by atoms with Crippen LogP contribution in [0.5, 0.6) is 0 Å². The fourth-order valence-electron chi connectivity index (χ4n) is 5.80. The fourth-order valence-corrected chi connectivity index (χ4v) is 5.80. The molecule has 5 aromatic carbocycles. The van der Waals surface area contributed by atoms with Gasteiger partial charge in [0.25, 0.3) is 0 Å². The van der Waals surface area contributed by atoms with Crippen LogP contribution in [0.15, 0.2) is 121 Å². The van der Waals surface area contributed by atoms with E-state index in [1.54, 1.807) is 0 Å². The maximum Gasteiger partial charge on any atom is 0.407 e. The third kappa shape index (κ3) is 5.44. The van der Waals surface area contributed by atoms with Gasteiger partial charge in [0.15, 0.2) is 0 Å². The molecule has 41 heavy (non-hydrogen) atoms. The highest BCUT2D eigenvalue weighted by Crippen LogP contribution is 2.44. The predicted molar refractivity (Wildman–Crippen MR) is 161 cm³/mol. The van der Waals surface area contributed by atoms with E-state index in [4.69, 9.17) is 9.47 Å². The van der Waals surface area contributed by atoms with Crippen LogP contribution in [0.3, 0.4) is 0 Å². The number of alkyl carbamates (subject to hydrolysis) is 1. The van der Waals surface area contributed by atoms with Crippen molar-refractivity contribution in [2.45, 2.75) is 31.4 Å². The number of rotatable bonds is 8. The van der Waals surface area contributed by atoms with Crippen LogP contribution in [0.1, 0.15) is 41.0 Å². The molecule has 0 saturated heterocycles. The molecular formula is C36H31NO4. The number of ether oxygens (including phenoxy) is 2. The van der Waals surface area contributed by atoms with Gasteiger partial charge in [0.1, 0.15) is 19.3 Å². The summed E-state index contributed by atoms with van der Waals surface area (Å²) in [5, 5.41) is 4.94. The van der Waals surface area contributed by atoms with Gasteiger partial charge in [-0.2, -0.15) is 0 Å². The molecule has 0 saturated carbocycles. The van der Waals surface area contributed by atoms with Crippen molar-refractivity contribution < 1.29 is 19.1 Å². The van der Waals surface area contributed by atoms with E-state index in [0.29, 0.717) is 0 Å². The summed E-state index contributed by atoms with van der Waals surface area (Å²) in [6, 6.07) is 39.0. The summed E-state index contributed by atoms with van der Waals surface area (Å²) in [6.07, 6.45) is -0.652. The van der Waals surface area contributed by atoms with Crippen LogP contribution < -0.4 is 5.32 Å². The standard InChI is InChI=1S/C36H31NO4/c1-24(27-21-11-15-26-14-5-6-16-28(26)27)34(35(38)40-22-25-12-3-2-4-13-25)37-36(39)41-23-33-31-19-9-7-17-29(31)30-18-8-10-20-32(30)33/h2-21,24,33-34H,22-23H2,1H3,(H,37,39). The highest BCUT2D eigenvalue weighted by Gasteiger charge is 2.33. The van der Waals surface area contributed by atoms with E-state index >= 15 is 0 Å². The topological polar surface area (TPSA) is 64.6 Å². The number of nitrogens with one attached hydrogen (secondary N) is 1. The molecule has 2 atom stereocenters. The Labute approximate surface area is 239 Å². The normalized spacial score (nSPS) is 13.6.